The average Bonchev–Trinajstić information content (AvgIpc) is 3.17. The standard InChI is InChI=1S/C24H23N5O/c25-15-8-2-1-3-9-18-29-24(30)20(14-16-26-29)22-21-13-7-10-17-28(21)27-23(22)19-11-5-4-6-12-19/h4-7,10-14,16-17H,1-3,8-9,18H2. The molecule has 0 fully saturated rings. The Kier molecular flexibility index (Phi) is 6.00. The Balaban J connectivity index is 1.71. The topological polar surface area (TPSA) is 76.0 Å². The van der Waals surface area contributed by atoms with Crippen molar-refractivity contribution < 1.29 is 0 Å². The van der Waals surface area contributed by atoms with Crippen LogP contribution in [0.25, 0.3) is 27.9 Å². The third-order valence-corrected chi connectivity index (χ3v) is 5.18. The Morgan fingerprint density at radius 3 is 2.57 bits per heavy atom. The summed E-state index contributed by atoms with van der Waals surface area (Å²) in [5.41, 5.74) is 3.98. The molecule has 0 saturated carbocycles. The summed E-state index contributed by atoms with van der Waals surface area (Å²) >= 11 is 0. The van der Waals surface area contributed by atoms with Crippen molar-refractivity contribution in [2.24, 2.45) is 0 Å². The lowest BCUT2D eigenvalue weighted by molar-refractivity contribution is 0.517. The van der Waals surface area contributed by atoms with Gasteiger partial charge in [-0.15, -0.1) is 0 Å². The smallest absolute Gasteiger partial charge is 0.267 e. The molecular weight excluding hydrogens is 374 g/mol. The highest BCUT2D eigenvalue weighted by Gasteiger charge is 2.19. The lowest BCUT2D eigenvalue weighted by Gasteiger charge is -2.08. The Bertz CT molecular complexity index is 1230. The SMILES string of the molecule is N#CCCCCCCn1nccc(-c2c(-c3ccccc3)nn3ccccc23)c1=O. The zero-order valence-electron chi connectivity index (χ0n) is 16.7. The second-order valence-electron chi connectivity index (χ2n) is 7.22. The van der Waals surface area contributed by atoms with E-state index in [1.54, 1.807) is 16.9 Å². The van der Waals surface area contributed by atoms with Gasteiger partial charge in [0.1, 0.15) is 5.69 Å². The average molecular weight is 397 g/mol. The van der Waals surface area contributed by atoms with Crippen LogP contribution in [0.15, 0.2) is 71.8 Å². The van der Waals surface area contributed by atoms with Gasteiger partial charge in [-0.2, -0.15) is 15.5 Å². The fourth-order valence-electron chi connectivity index (χ4n) is 3.68. The van der Waals surface area contributed by atoms with Gasteiger partial charge in [0.05, 0.1) is 17.1 Å². The summed E-state index contributed by atoms with van der Waals surface area (Å²) in [4.78, 5) is 13.3. The van der Waals surface area contributed by atoms with E-state index in [1.807, 2.05) is 59.2 Å². The number of pyridine rings is 1. The molecule has 0 saturated heterocycles. The van der Waals surface area contributed by atoms with E-state index in [0.29, 0.717) is 18.5 Å². The van der Waals surface area contributed by atoms with Gasteiger partial charge in [-0.05, 0) is 31.0 Å². The maximum atomic E-state index is 13.3. The van der Waals surface area contributed by atoms with Crippen molar-refractivity contribution in [3.63, 3.8) is 0 Å². The predicted octanol–water partition coefficient (Wildman–Crippen LogP) is 4.70. The van der Waals surface area contributed by atoms with Gasteiger partial charge in [0.2, 0.25) is 0 Å². The molecule has 30 heavy (non-hydrogen) atoms. The third kappa shape index (κ3) is 4.01. The largest absolute Gasteiger partial charge is 0.274 e. The summed E-state index contributed by atoms with van der Waals surface area (Å²) in [6.07, 6.45) is 7.91. The van der Waals surface area contributed by atoms with E-state index in [4.69, 9.17) is 10.4 Å². The minimum Gasteiger partial charge on any atom is -0.267 e. The van der Waals surface area contributed by atoms with E-state index in [2.05, 4.69) is 11.2 Å². The number of hydrogen-bond acceptors (Lipinski definition) is 4. The fourth-order valence-corrected chi connectivity index (χ4v) is 3.68. The summed E-state index contributed by atoms with van der Waals surface area (Å²) < 4.78 is 3.36. The number of benzene rings is 1. The first-order chi connectivity index (χ1) is 14.8. The molecule has 1 aromatic carbocycles. The molecule has 0 amide bonds. The molecule has 0 radical (unpaired) electrons. The molecule has 150 valence electrons. The molecule has 0 N–H and O–H groups in total. The summed E-state index contributed by atoms with van der Waals surface area (Å²) in [6.45, 7) is 0.569. The van der Waals surface area contributed by atoms with Crippen LogP contribution >= 0.6 is 0 Å². The highest BCUT2D eigenvalue weighted by molar-refractivity contribution is 5.91. The quantitative estimate of drug-likeness (QED) is 0.404. The van der Waals surface area contributed by atoms with Crippen molar-refractivity contribution in [3.05, 3.63) is 77.3 Å². The summed E-state index contributed by atoms with van der Waals surface area (Å²) in [5.74, 6) is 0. The van der Waals surface area contributed by atoms with Crippen LogP contribution in [0.2, 0.25) is 0 Å². The van der Waals surface area contributed by atoms with Crippen LogP contribution in [0.3, 0.4) is 0 Å². The summed E-state index contributed by atoms with van der Waals surface area (Å²) in [6, 6.07) is 19.7. The maximum absolute atomic E-state index is 13.3. The number of aryl methyl sites for hydroxylation is 1. The normalized spacial score (nSPS) is 10.9. The molecule has 0 aliphatic rings. The van der Waals surface area contributed by atoms with Gasteiger partial charge >= 0.3 is 0 Å². The van der Waals surface area contributed by atoms with Crippen LogP contribution in [0.4, 0.5) is 0 Å². The van der Waals surface area contributed by atoms with Gasteiger partial charge in [0.25, 0.3) is 5.56 Å². The molecule has 6 nitrogen and oxygen atoms in total. The number of nitriles is 1. The Hall–Kier alpha value is -3.72. The first-order valence-corrected chi connectivity index (χ1v) is 10.3. The highest BCUT2D eigenvalue weighted by Crippen LogP contribution is 2.33. The molecule has 0 aliphatic heterocycles. The number of aromatic nitrogens is 4. The van der Waals surface area contributed by atoms with E-state index in [-0.39, 0.29) is 5.56 Å². The Morgan fingerprint density at radius 2 is 1.73 bits per heavy atom. The highest BCUT2D eigenvalue weighted by atomic mass is 16.1. The van der Waals surface area contributed by atoms with E-state index in [1.165, 1.54) is 0 Å². The predicted molar refractivity (Wildman–Crippen MR) is 117 cm³/mol. The van der Waals surface area contributed by atoms with Crippen LogP contribution in [0.1, 0.15) is 32.1 Å². The van der Waals surface area contributed by atoms with Crippen LogP contribution in [0, 0.1) is 11.3 Å². The number of rotatable bonds is 8. The molecule has 0 aliphatic carbocycles. The number of unbranched alkanes of at least 4 members (excludes halogenated alkanes) is 4. The number of nitrogens with zero attached hydrogens (tertiary/aromatic N) is 5. The molecule has 0 bridgehead atoms. The maximum Gasteiger partial charge on any atom is 0.274 e. The Morgan fingerprint density at radius 1 is 0.933 bits per heavy atom. The van der Waals surface area contributed by atoms with Gasteiger partial charge in [-0.1, -0.05) is 49.2 Å². The zero-order valence-corrected chi connectivity index (χ0v) is 16.7. The lowest BCUT2D eigenvalue weighted by atomic mass is 10.0. The molecule has 3 aromatic heterocycles. The van der Waals surface area contributed by atoms with Crippen LogP contribution in [-0.2, 0) is 6.54 Å². The molecule has 6 heteroatoms. The van der Waals surface area contributed by atoms with Crippen molar-refractivity contribution in [3.8, 4) is 28.5 Å². The Labute approximate surface area is 175 Å². The second kappa shape index (κ2) is 9.19. The molecule has 3 heterocycles. The third-order valence-electron chi connectivity index (χ3n) is 5.18. The van der Waals surface area contributed by atoms with Crippen molar-refractivity contribution >= 4 is 5.52 Å². The van der Waals surface area contributed by atoms with Crippen LogP contribution < -0.4 is 5.56 Å². The second-order valence-corrected chi connectivity index (χ2v) is 7.22. The van der Waals surface area contributed by atoms with Crippen molar-refractivity contribution in [2.45, 2.75) is 38.6 Å². The number of fused-ring (bicyclic) bond motifs is 1. The van der Waals surface area contributed by atoms with Crippen LogP contribution in [0.5, 0.6) is 0 Å². The van der Waals surface area contributed by atoms with E-state index in [0.717, 1.165) is 48.0 Å². The molecule has 4 aromatic rings. The summed E-state index contributed by atoms with van der Waals surface area (Å²) in [7, 11) is 0. The molecule has 0 unspecified atom stereocenters. The number of hydrogen-bond donors (Lipinski definition) is 0. The van der Waals surface area contributed by atoms with Gasteiger partial charge in [0.15, 0.2) is 0 Å². The first kappa shape index (κ1) is 19.6. The monoisotopic (exact) mass is 397 g/mol. The van der Waals surface area contributed by atoms with Gasteiger partial charge in [-0.3, -0.25) is 4.79 Å². The first-order valence-electron chi connectivity index (χ1n) is 10.3. The fraction of sp³-hybridized carbons (Fsp3) is 0.250. The van der Waals surface area contributed by atoms with Crippen molar-refractivity contribution in [1.82, 2.24) is 19.4 Å². The molecule has 0 spiro atoms. The van der Waals surface area contributed by atoms with Gasteiger partial charge < -0.3 is 0 Å². The molecule has 0 atom stereocenters. The minimum absolute atomic E-state index is 0.106. The van der Waals surface area contributed by atoms with Crippen LogP contribution in [-0.4, -0.2) is 19.4 Å². The van der Waals surface area contributed by atoms with Gasteiger partial charge in [-0.25, -0.2) is 9.20 Å². The van der Waals surface area contributed by atoms with Crippen molar-refractivity contribution in [1.29, 1.82) is 5.26 Å². The van der Waals surface area contributed by atoms with E-state index in [9.17, 15) is 4.79 Å². The summed E-state index contributed by atoms with van der Waals surface area (Å²) in [5, 5.41) is 17.7. The van der Waals surface area contributed by atoms with E-state index >= 15 is 0 Å². The van der Waals surface area contributed by atoms with E-state index < -0.39 is 0 Å². The minimum atomic E-state index is -0.106. The molecule has 4 rings (SSSR count). The lowest BCUT2D eigenvalue weighted by Crippen LogP contribution is -2.24. The van der Waals surface area contributed by atoms with Crippen molar-refractivity contribution in [2.75, 3.05) is 0 Å². The molecular formula is C24H23N5O. The van der Waals surface area contributed by atoms with Gasteiger partial charge in [0, 0.05) is 36.5 Å². The zero-order chi connectivity index (χ0) is 20.8.